The first-order chi connectivity index (χ1) is 13.2. The van der Waals surface area contributed by atoms with Crippen LogP contribution in [0, 0.1) is 0 Å². The Hall–Kier alpha value is -3.60. The maximum absolute atomic E-state index is 12.4. The van der Waals surface area contributed by atoms with Crippen molar-refractivity contribution in [2.45, 2.75) is 6.92 Å². The number of pyridine rings is 1. The monoisotopic (exact) mass is 361 g/mol. The van der Waals surface area contributed by atoms with Crippen molar-refractivity contribution in [2.75, 3.05) is 6.61 Å². The van der Waals surface area contributed by atoms with Crippen LogP contribution in [0.5, 0.6) is 23.0 Å². The minimum Gasteiger partial charge on any atom is -0.507 e. The minimum atomic E-state index is -0.338. The molecule has 0 spiro atoms. The average Bonchev–Trinajstić information content (AvgIpc) is 2.70. The molecule has 5 nitrogen and oxygen atoms in total. The molecule has 0 saturated carbocycles. The molecule has 0 amide bonds. The Balaban J connectivity index is 1.75. The van der Waals surface area contributed by atoms with Gasteiger partial charge in [0.25, 0.3) is 0 Å². The summed E-state index contributed by atoms with van der Waals surface area (Å²) in [6, 6.07) is 17.1. The van der Waals surface area contributed by atoms with Gasteiger partial charge in [-0.3, -0.25) is 9.78 Å². The molecule has 0 radical (unpaired) electrons. The number of hydrogen-bond donors (Lipinski definition) is 1. The summed E-state index contributed by atoms with van der Waals surface area (Å²) in [4.78, 5) is 16.5. The van der Waals surface area contributed by atoms with Gasteiger partial charge in [-0.15, -0.1) is 0 Å². The van der Waals surface area contributed by atoms with Gasteiger partial charge in [-0.25, -0.2) is 0 Å². The third-order valence-electron chi connectivity index (χ3n) is 3.70. The van der Waals surface area contributed by atoms with Gasteiger partial charge < -0.3 is 14.6 Å². The van der Waals surface area contributed by atoms with Gasteiger partial charge in [0, 0.05) is 6.20 Å². The van der Waals surface area contributed by atoms with Crippen LogP contribution >= 0.6 is 0 Å². The van der Waals surface area contributed by atoms with Crippen LogP contribution in [0.25, 0.3) is 6.08 Å². The van der Waals surface area contributed by atoms with Gasteiger partial charge in [-0.2, -0.15) is 0 Å². The first-order valence-electron chi connectivity index (χ1n) is 8.53. The zero-order valence-electron chi connectivity index (χ0n) is 14.8. The summed E-state index contributed by atoms with van der Waals surface area (Å²) in [7, 11) is 0. The lowest BCUT2D eigenvalue weighted by atomic mass is 10.1. The van der Waals surface area contributed by atoms with E-state index < -0.39 is 0 Å². The quantitative estimate of drug-likeness (QED) is 0.480. The molecule has 5 heteroatoms. The molecule has 3 rings (SSSR count). The molecule has 0 aliphatic carbocycles. The lowest BCUT2D eigenvalue weighted by Crippen LogP contribution is -1.96. The highest BCUT2D eigenvalue weighted by Gasteiger charge is 2.11. The fraction of sp³-hybridized carbons (Fsp3) is 0.0909. The second kappa shape index (κ2) is 8.67. The van der Waals surface area contributed by atoms with Crippen LogP contribution in [0.2, 0.25) is 0 Å². The molecule has 1 N–H and O–H groups in total. The highest BCUT2D eigenvalue weighted by molar-refractivity contribution is 6.08. The Morgan fingerprint density at radius 1 is 1.04 bits per heavy atom. The van der Waals surface area contributed by atoms with Crippen molar-refractivity contribution in [3.05, 3.63) is 84.2 Å². The van der Waals surface area contributed by atoms with Gasteiger partial charge in [0.2, 0.25) is 0 Å². The van der Waals surface area contributed by atoms with E-state index in [-0.39, 0.29) is 17.1 Å². The van der Waals surface area contributed by atoms with Crippen molar-refractivity contribution in [1.29, 1.82) is 0 Å². The number of aromatic nitrogens is 1. The van der Waals surface area contributed by atoms with Crippen LogP contribution in [-0.4, -0.2) is 22.5 Å². The second-order valence-corrected chi connectivity index (χ2v) is 5.64. The fourth-order valence-electron chi connectivity index (χ4n) is 2.41. The number of aromatic hydroxyl groups is 1. The number of nitrogens with zero attached hydrogens (tertiary/aromatic N) is 1. The van der Waals surface area contributed by atoms with Crippen molar-refractivity contribution < 1.29 is 19.4 Å². The van der Waals surface area contributed by atoms with Crippen LogP contribution < -0.4 is 9.47 Å². The first-order valence-corrected chi connectivity index (χ1v) is 8.53. The van der Waals surface area contributed by atoms with Crippen molar-refractivity contribution >= 4 is 11.9 Å². The first kappa shape index (κ1) is 18.2. The molecule has 1 aromatic heterocycles. The summed E-state index contributed by atoms with van der Waals surface area (Å²) in [6.45, 7) is 2.51. The Bertz CT molecular complexity index is 934. The number of allylic oxidation sites excluding steroid dienone is 1. The van der Waals surface area contributed by atoms with Gasteiger partial charge >= 0.3 is 0 Å². The average molecular weight is 361 g/mol. The number of ether oxygens (including phenoxy) is 2. The maximum Gasteiger partial charge on any atom is 0.189 e. The Morgan fingerprint density at radius 2 is 1.78 bits per heavy atom. The molecule has 0 aliphatic rings. The van der Waals surface area contributed by atoms with E-state index in [4.69, 9.17) is 9.47 Å². The van der Waals surface area contributed by atoms with Crippen molar-refractivity contribution in [3.8, 4) is 23.0 Å². The normalized spacial score (nSPS) is 10.7. The largest absolute Gasteiger partial charge is 0.507 e. The standard InChI is InChI=1S/C22H19NO4/c1-2-26-17-7-9-18(10-8-17)27-19-11-13-22(25)20(15-19)21(24)12-6-16-5-3-4-14-23-16/h3-15,25H,2H2,1H3. The minimum absolute atomic E-state index is 0.107. The Kier molecular flexibility index (Phi) is 5.84. The van der Waals surface area contributed by atoms with Crippen LogP contribution in [0.4, 0.5) is 0 Å². The molecule has 27 heavy (non-hydrogen) atoms. The highest BCUT2D eigenvalue weighted by Crippen LogP contribution is 2.28. The molecular formula is C22H19NO4. The molecule has 0 bridgehead atoms. The molecule has 3 aromatic rings. The van der Waals surface area contributed by atoms with Crippen molar-refractivity contribution in [2.24, 2.45) is 0 Å². The molecule has 0 saturated heterocycles. The van der Waals surface area contributed by atoms with E-state index in [0.29, 0.717) is 23.8 Å². The van der Waals surface area contributed by atoms with Gasteiger partial charge in [0.1, 0.15) is 23.0 Å². The van der Waals surface area contributed by atoms with E-state index >= 15 is 0 Å². The molecule has 0 fully saturated rings. The van der Waals surface area contributed by atoms with Crippen LogP contribution in [0.1, 0.15) is 23.0 Å². The number of rotatable bonds is 7. The Labute approximate surface area is 157 Å². The summed E-state index contributed by atoms with van der Waals surface area (Å²) in [5.74, 6) is 1.37. The molecule has 136 valence electrons. The van der Waals surface area contributed by atoms with Gasteiger partial charge in [0.15, 0.2) is 5.78 Å². The Morgan fingerprint density at radius 3 is 2.48 bits per heavy atom. The third-order valence-corrected chi connectivity index (χ3v) is 3.70. The SMILES string of the molecule is CCOc1ccc(Oc2ccc(O)c(C(=O)C=Cc3ccccn3)c2)cc1. The van der Waals surface area contributed by atoms with Gasteiger partial charge in [-0.05, 0) is 73.7 Å². The lowest BCUT2D eigenvalue weighted by molar-refractivity contribution is 0.104. The summed E-state index contributed by atoms with van der Waals surface area (Å²) in [5, 5.41) is 10.0. The van der Waals surface area contributed by atoms with E-state index in [9.17, 15) is 9.90 Å². The zero-order chi connectivity index (χ0) is 19.1. The molecule has 1 heterocycles. The third kappa shape index (κ3) is 4.95. The zero-order valence-corrected chi connectivity index (χ0v) is 14.8. The smallest absolute Gasteiger partial charge is 0.189 e. The topological polar surface area (TPSA) is 68.7 Å². The van der Waals surface area contributed by atoms with Crippen molar-refractivity contribution in [1.82, 2.24) is 4.98 Å². The highest BCUT2D eigenvalue weighted by atomic mass is 16.5. The summed E-state index contributed by atoms with van der Waals surface area (Å²) >= 11 is 0. The fourth-order valence-corrected chi connectivity index (χ4v) is 2.41. The van der Waals surface area contributed by atoms with E-state index in [1.165, 1.54) is 18.2 Å². The van der Waals surface area contributed by atoms with Crippen LogP contribution in [0.3, 0.4) is 0 Å². The second-order valence-electron chi connectivity index (χ2n) is 5.64. The molecule has 0 atom stereocenters. The van der Waals surface area contributed by atoms with E-state index in [2.05, 4.69) is 4.98 Å². The lowest BCUT2D eigenvalue weighted by Gasteiger charge is -2.09. The summed E-state index contributed by atoms with van der Waals surface area (Å²) in [5.41, 5.74) is 0.817. The van der Waals surface area contributed by atoms with E-state index in [1.54, 1.807) is 54.7 Å². The maximum atomic E-state index is 12.4. The van der Waals surface area contributed by atoms with Crippen LogP contribution in [0.15, 0.2) is 72.9 Å². The number of phenolic OH excluding ortho intramolecular Hbond substituents is 1. The van der Waals surface area contributed by atoms with Crippen LogP contribution in [-0.2, 0) is 0 Å². The van der Waals surface area contributed by atoms with Crippen molar-refractivity contribution in [3.63, 3.8) is 0 Å². The predicted octanol–water partition coefficient (Wildman–Crippen LogP) is 4.87. The number of ketones is 1. The number of carbonyl (C=O) groups is 1. The summed E-state index contributed by atoms with van der Waals surface area (Å²) in [6.07, 6.45) is 4.62. The predicted molar refractivity (Wildman–Crippen MR) is 103 cm³/mol. The summed E-state index contributed by atoms with van der Waals surface area (Å²) < 4.78 is 11.2. The van der Waals surface area contributed by atoms with E-state index in [0.717, 1.165) is 5.75 Å². The molecule has 0 unspecified atom stereocenters. The van der Waals surface area contributed by atoms with Gasteiger partial charge in [-0.1, -0.05) is 6.07 Å². The van der Waals surface area contributed by atoms with Gasteiger partial charge in [0.05, 0.1) is 17.9 Å². The molecular weight excluding hydrogens is 342 g/mol. The number of carbonyl (C=O) groups excluding carboxylic acids is 1. The number of phenols is 1. The number of benzene rings is 2. The van der Waals surface area contributed by atoms with E-state index in [1.807, 2.05) is 13.0 Å². The number of hydrogen-bond acceptors (Lipinski definition) is 5. The molecule has 0 aliphatic heterocycles. The molecule has 2 aromatic carbocycles.